The van der Waals surface area contributed by atoms with Gasteiger partial charge in [-0.3, -0.25) is 9.69 Å². The van der Waals surface area contributed by atoms with Crippen molar-refractivity contribution >= 4 is 11.6 Å². The normalized spacial score (nSPS) is 25.6. The van der Waals surface area contributed by atoms with Gasteiger partial charge in [0, 0.05) is 31.4 Å². The molecule has 1 saturated heterocycles. The maximum absolute atomic E-state index is 14.2. The van der Waals surface area contributed by atoms with Crippen molar-refractivity contribution in [3.63, 3.8) is 0 Å². The van der Waals surface area contributed by atoms with Gasteiger partial charge in [-0.05, 0) is 79.1 Å². The number of likely N-dealkylation sites (tertiary alicyclic amines) is 1. The molecule has 1 aromatic heterocycles. The zero-order valence-electron chi connectivity index (χ0n) is 22.1. The van der Waals surface area contributed by atoms with Crippen LogP contribution in [0.5, 0.6) is 0 Å². The standard InChI is InChI=1S/C29H32F3N5O2/c1-18-5-4-8-36(14-18)15-19-9-23-24(25(10-19)29(30,31)32)16-37(26(23)39)21-7-3-6-20(11-21)28(12-22(38)13-28)27-34-33-17-35(27)2/h3,6-7,9-11,17-18,22,38H,4-5,8,12-16H2,1-2H3/t18-,22-,28+/m0/s1. The molecule has 7 nitrogen and oxygen atoms in total. The summed E-state index contributed by atoms with van der Waals surface area (Å²) in [4.78, 5) is 17.2. The van der Waals surface area contributed by atoms with Crippen molar-refractivity contribution in [1.82, 2.24) is 19.7 Å². The van der Waals surface area contributed by atoms with Crippen LogP contribution < -0.4 is 4.90 Å². The largest absolute Gasteiger partial charge is 0.416 e. The second-order valence-corrected chi connectivity index (χ2v) is 11.5. The lowest BCUT2D eigenvalue weighted by Gasteiger charge is -2.45. The summed E-state index contributed by atoms with van der Waals surface area (Å²) < 4.78 is 44.5. The van der Waals surface area contributed by atoms with E-state index in [1.165, 1.54) is 11.0 Å². The number of carbonyl (C=O) groups is 1. The van der Waals surface area contributed by atoms with Gasteiger partial charge in [-0.25, -0.2) is 0 Å². The van der Waals surface area contributed by atoms with Gasteiger partial charge in [0.05, 0.1) is 23.6 Å². The Kier molecular flexibility index (Phi) is 6.30. The molecule has 1 saturated carbocycles. The van der Waals surface area contributed by atoms with Gasteiger partial charge in [0.2, 0.25) is 0 Å². The van der Waals surface area contributed by atoms with E-state index in [9.17, 15) is 23.1 Å². The summed E-state index contributed by atoms with van der Waals surface area (Å²) in [7, 11) is 1.84. The molecule has 6 rings (SSSR count). The Bertz CT molecular complexity index is 1410. The molecule has 1 amide bonds. The van der Waals surface area contributed by atoms with Crippen molar-refractivity contribution in [2.45, 2.75) is 63.4 Å². The first-order chi connectivity index (χ1) is 18.5. The molecule has 1 aliphatic carbocycles. The average Bonchev–Trinajstić information content (AvgIpc) is 3.44. The highest BCUT2D eigenvalue weighted by atomic mass is 19.4. The number of aliphatic hydroxyl groups is 1. The number of carbonyl (C=O) groups excluding carboxylic acids is 1. The van der Waals surface area contributed by atoms with E-state index in [2.05, 4.69) is 22.0 Å². The summed E-state index contributed by atoms with van der Waals surface area (Å²) in [5.74, 6) is 0.779. The average molecular weight is 540 g/mol. The molecule has 0 radical (unpaired) electrons. The number of rotatable bonds is 5. The van der Waals surface area contributed by atoms with Gasteiger partial charge in [0.15, 0.2) is 0 Å². The van der Waals surface area contributed by atoms with E-state index in [0.717, 1.165) is 31.5 Å². The van der Waals surface area contributed by atoms with E-state index in [1.807, 2.05) is 23.7 Å². The Labute approximate surface area is 225 Å². The smallest absolute Gasteiger partial charge is 0.393 e. The maximum atomic E-state index is 14.2. The fourth-order valence-corrected chi connectivity index (χ4v) is 6.69. The number of aryl methyl sites for hydroxylation is 1. The van der Waals surface area contributed by atoms with E-state index in [4.69, 9.17) is 0 Å². The van der Waals surface area contributed by atoms with E-state index >= 15 is 0 Å². The van der Waals surface area contributed by atoms with Gasteiger partial charge >= 0.3 is 6.18 Å². The molecule has 0 spiro atoms. The van der Waals surface area contributed by atoms with Gasteiger partial charge in [0.1, 0.15) is 12.2 Å². The van der Waals surface area contributed by atoms with Crippen LogP contribution >= 0.6 is 0 Å². The quantitative estimate of drug-likeness (QED) is 0.510. The molecule has 3 aromatic rings. The van der Waals surface area contributed by atoms with Gasteiger partial charge in [-0.2, -0.15) is 13.2 Å². The lowest BCUT2D eigenvalue weighted by Crippen LogP contribution is -2.47. The molecule has 2 aliphatic heterocycles. The van der Waals surface area contributed by atoms with E-state index < -0.39 is 29.2 Å². The van der Waals surface area contributed by atoms with Crippen LogP contribution in [-0.2, 0) is 31.7 Å². The lowest BCUT2D eigenvalue weighted by atomic mass is 9.62. The molecule has 206 valence electrons. The summed E-state index contributed by atoms with van der Waals surface area (Å²) in [6.07, 6.45) is -0.398. The number of benzene rings is 2. The van der Waals surface area contributed by atoms with Crippen molar-refractivity contribution < 1.29 is 23.1 Å². The number of hydrogen-bond acceptors (Lipinski definition) is 5. The Balaban J connectivity index is 1.34. The highest BCUT2D eigenvalue weighted by Crippen LogP contribution is 2.49. The Morgan fingerprint density at radius 3 is 2.64 bits per heavy atom. The van der Waals surface area contributed by atoms with Gasteiger partial charge in [0.25, 0.3) is 5.91 Å². The van der Waals surface area contributed by atoms with Crippen LogP contribution in [0.2, 0.25) is 0 Å². The molecule has 1 atom stereocenters. The third-order valence-corrected chi connectivity index (χ3v) is 8.57. The molecule has 2 aromatic carbocycles. The van der Waals surface area contributed by atoms with Crippen LogP contribution in [-0.4, -0.2) is 49.9 Å². The molecule has 0 bridgehead atoms. The van der Waals surface area contributed by atoms with E-state index in [0.29, 0.717) is 42.4 Å². The second-order valence-electron chi connectivity index (χ2n) is 11.5. The molecule has 3 heterocycles. The topological polar surface area (TPSA) is 74.5 Å². The first kappa shape index (κ1) is 26.0. The number of amides is 1. The van der Waals surface area contributed by atoms with Crippen LogP contribution in [0.4, 0.5) is 18.9 Å². The Morgan fingerprint density at radius 1 is 1.18 bits per heavy atom. The minimum absolute atomic E-state index is 0.0238. The van der Waals surface area contributed by atoms with Crippen molar-refractivity contribution in [3.8, 4) is 0 Å². The molecule has 3 aliphatic rings. The van der Waals surface area contributed by atoms with Crippen LogP contribution in [0.1, 0.15) is 71.0 Å². The first-order valence-electron chi connectivity index (χ1n) is 13.5. The van der Waals surface area contributed by atoms with Crippen molar-refractivity contribution in [2.24, 2.45) is 13.0 Å². The molecule has 1 N–H and O–H groups in total. The van der Waals surface area contributed by atoms with E-state index in [1.54, 1.807) is 24.5 Å². The molecular weight excluding hydrogens is 507 g/mol. The SMILES string of the molecule is C[C@H]1CCCN(Cc2cc3c(c(C(F)(F)F)c2)CN(c2cccc([C@]4(c5nncn5C)C[C@@H](O)C4)c2)C3=O)C1. The fourth-order valence-electron chi connectivity index (χ4n) is 6.69. The zero-order valence-corrected chi connectivity index (χ0v) is 22.1. The first-order valence-corrected chi connectivity index (χ1v) is 13.5. The lowest BCUT2D eigenvalue weighted by molar-refractivity contribution is -0.138. The number of nitrogens with zero attached hydrogens (tertiary/aromatic N) is 5. The number of fused-ring (bicyclic) bond motifs is 1. The van der Waals surface area contributed by atoms with Crippen LogP contribution in [0.25, 0.3) is 0 Å². The van der Waals surface area contributed by atoms with E-state index in [-0.39, 0.29) is 17.7 Å². The third kappa shape index (κ3) is 4.53. The van der Waals surface area contributed by atoms with Gasteiger partial charge < -0.3 is 14.6 Å². The third-order valence-electron chi connectivity index (χ3n) is 8.57. The Morgan fingerprint density at radius 2 is 1.97 bits per heavy atom. The summed E-state index contributed by atoms with van der Waals surface area (Å²) >= 11 is 0. The number of aromatic nitrogens is 3. The molecule has 10 heteroatoms. The number of hydrogen-bond donors (Lipinski definition) is 1. The second kappa shape index (κ2) is 9.45. The van der Waals surface area contributed by atoms with Crippen molar-refractivity contribution in [1.29, 1.82) is 0 Å². The Hall–Kier alpha value is -3.24. The van der Waals surface area contributed by atoms with Gasteiger partial charge in [-0.1, -0.05) is 19.1 Å². The van der Waals surface area contributed by atoms with Crippen LogP contribution in [0.15, 0.2) is 42.7 Å². The molecule has 2 fully saturated rings. The summed E-state index contributed by atoms with van der Waals surface area (Å²) in [6, 6.07) is 10.2. The number of halogens is 3. The molecule has 0 unspecified atom stereocenters. The number of aliphatic hydroxyl groups excluding tert-OH is 1. The number of anilines is 1. The monoisotopic (exact) mass is 539 g/mol. The van der Waals surface area contributed by atoms with Crippen LogP contribution in [0.3, 0.4) is 0 Å². The minimum Gasteiger partial charge on any atom is -0.393 e. The number of alkyl halides is 3. The summed E-state index contributed by atoms with van der Waals surface area (Å²) in [5, 5.41) is 18.5. The summed E-state index contributed by atoms with van der Waals surface area (Å²) in [5.41, 5.74) is 0.727. The maximum Gasteiger partial charge on any atom is 0.416 e. The predicted octanol–water partition coefficient (Wildman–Crippen LogP) is 4.67. The molecular formula is C29H32F3N5O2. The number of piperidine rings is 1. The highest BCUT2D eigenvalue weighted by molar-refractivity contribution is 6.10. The highest BCUT2D eigenvalue weighted by Gasteiger charge is 2.50. The zero-order chi connectivity index (χ0) is 27.5. The van der Waals surface area contributed by atoms with Crippen molar-refractivity contribution in [2.75, 3.05) is 18.0 Å². The van der Waals surface area contributed by atoms with Crippen LogP contribution in [0, 0.1) is 5.92 Å². The fraction of sp³-hybridized carbons (Fsp3) is 0.483. The minimum atomic E-state index is -4.56. The van der Waals surface area contributed by atoms with Gasteiger partial charge in [-0.15, -0.1) is 10.2 Å². The van der Waals surface area contributed by atoms with Crippen molar-refractivity contribution in [3.05, 3.63) is 76.4 Å². The molecule has 39 heavy (non-hydrogen) atoms. The summed E-state index contributed by atoms with van der Waals surface area (Å²) in [6.45, 7) is 4.09. The predicted molar refractivity (Wildman–Crippen MR) is 139 cm³/mol.